The predicted octanol–water partition coefficient (Wildman–Crippen LogP) is 4.04. The lowest BCUT2D eigenvalue weighted by Crippen LogP contribution is -2.31. The maximum atomic E-state index is 12.0. The van der Waals surface area contributed by atoms with Crippen LogP contribution in [-0.4, -0.2) is 44.1 Å². The fourth-order valence-corrected chi connectivity index (χ4v) is 3.78. The number of nitrogens with zero attached hydrogens (tertiary/aromatic N) is 5. The van der Waals surface area contributed by atoms with Crippen LogP contribution in [0, 0.1) is 19.8 Å². The molecule has 33 heavy (non-hydrogen) atoms. The summed E-state index contributed by atoms with van der Waals surface area (Å²) in [4.78, 5) is 28.1. The lowest BCUT2D eigenvalue weighted by molar-refractivity contribution is -0.117. The molecule has 1 aliphatic carbocycles. The quantitative estimate of drug-likeness (QED) is 0.428. The highest BCUT2D eigenvalue weighted by Gasteiger charge is 2.29. The highest BCUT2D eigenvalue weighted by molar-refractivity contribution is 5.94. The summed E-state index contributed by atoms with van der Waals surface area (Å²) in [5, 5.41) is 16.7. The number of carbonyl (C=O) groups is 1. The lowest BCUT2D eigenvalue weighted by Gasteiger charge is -2.27. The van der Waals surface area contributed by atoms with E-state index in [0.717, 1.165) is 61.4 Å². The molecule has 10 nitrogen and oxygen atoms in total. The van der Waals surface area contributed by atoms with Gasteiger partial charge in [-0.25, -0.2) is 0 Å². The van der Waals surface area contributed by atoms with Gasteiger partial charge in [0.05, 0.1) is 0 Å². The number of nitrogens with one attached hydrogen (secondary N) is 4. The van der Waals surface area contributed by atoms with Gasteiger partial charge < -0.3 is 20.9 Å². The zero-order valence-electron chi connectivity index (χ0n) is 19.0. The Hall–Kier alpha value is -3.69. The zero-order valence-corrected chi connectivity index (χ0v) is 19.0. The SMILES string of the molecule is Cc1[nH]nc(Nc2nc(Nc3ccc(NC(=O)C4CC4)cc3)nc(N3CCCCC3)n2)c1C. The van der Waals surface area contributed by atoms with Crippen molar-refractivity contribution in [3.63, 3.8) is 0 Å². The molecule has 2 aromatic heterocycles. The highest BCUT2D eigenvalue weighted by Crippen LogP contribution is 2.30. The number of piperidine rings is 1. The standard InChI is InChI=1S/C23H29N9O/c1-14-15(2)30-31-19(14)26-22-27-21(28-23(29-22)32-12-4-3-5-13-32)25-18-10-8-17(9-11-18)24-20(33)16-6-7-16/h8-11,16H,3-7,12-13H2,1-2H3,(H,24,33)(H3,25,26,27,28,29,30,31). The fourth-order valence-electron chi connectivity index (χ4n) is 3.78. The van der Waals surface area contributed by atoms with E-state index in [1.165, 1.54) is 6.42 Å². The number of aromatic amines is 1. The molecule has 0 spiro atoms. The van der Waals surface area contributed by atoms with E-state index in [9.17, 15) is 4.79 Å². The zero-order chi connectivity index (χ0) is 22.8. The van der Waals surface area contributed by atoms with Crippen molar-refractivity contribution in [2.24, 2.45) is 5.92 Å². The van der Waals surface area contributed by atoms with E-state index in [2.05, 4.69) is 46.0 Å². The third-order valence-electron chi connectivity index (χ3n) is 6.10. The van der Waals surface area contributed by atoms with E-state index in [-0.39, 0.29) is 11.8 Å². The van der Waals surface area contributed by atoms with Gasteiger partial charge in [0, 0.05) is 41.6 Å². The Bertz CT molecular complexity index is 1130. The van der Waals surface area contributed by atoms with Crippen LogP contribution in [0.4, 0.5) is 35.0 Å². The molecule has 0 atom stereocenters. The van der Waals surface area contributed by atoms with Crippen molar-refractivity contribution in [3.05, 3.63) is 35.5 Å². The molecule has 1 aromatic carbocycles. The predicted molar refractivity (Wildman–Crippen MR) is 128 cm³/mol. The van der Waals surface area contributed by atoms with Gasteiger partial charge in [0.2, 0.25) is 23.8 Å². The van der Waals surface area contributed by atoms with Crippen molar-refractivity contribution in [1.29, 1.82) is 0 Å². The summed E-state index contributed by atoms with van der Waals surface area (Å²) in [6.45, 7) is 5.83. The number of aromatic nitrogens is 5. The molecular weight excluding hydrogens is 418 g/mol. The molecule has 0 unspecified atom stereocenters. The van der Waals surface area contributed by atoms with E-state index in [0.29, 0.717) is 23.7 Å². The molecule has 1 saturated carbocycles. The number of anilines is 6. The average Bonchev–Trinajstić information content (AvgIpc) is 3.64. The number of H-pyrrole nitrogens is 1. The molecule has 5 rings (SSSR count). The van der Waals surface area contributed by atoms with Gasteiger partial charge in [-0.1, -0.05) is 0 Å². The van der Waals surface area contributed by atoms with Crippen LogP contribution in [0.3, 0.4) is 0 Å². The van der Waals surface area contributed by atoms with Crippen LogP contribution >= 0.6 is 0 Å². The number of rotatable bonds is 7. The Kier molecular flexibility index (Phi) is 5.80. The van der Waals surface area contributed by atoms with Crippen LogP contribution in [-0.2, 0) is 4.79 Å². The maximum Gasteiger partial charge on any atom is 0.235 e. The van der Waals surface area contributed by atoms with Gasteiger partial charge in [0.1, 0.15) is 0 Å². The fraction of sp³-hybridized carbons (Fsp3) is 0.435. The van der Waals surface area contributed by atoms with E-state index < -0.39 is 0 Å². The number of aryl methyl sites for hydroxylation is 1. The van der Waals surface area contributed by atoms with Gasteiger partial charge in [-0.2, -0.15) is 20.1 Å². The normalized spacial score (nSPS) is 15.9. The van der Waals surface area contributed by atoms with Gasteiger partial charge in [-0.15, -0.1) is 0 Å². The Morgan fingerprint density at radius 2 is 1.61 bits per heavy atom. The van der Waals surface area contributed by atoms with Crippen molar-refractivity contribution >= 4 is 40.9 Å². The first kappa shape index (κ1) is 21.2. The van der Waals surface area contributed by atoms with E-state index in [1.54, 1.807) is 0 Å². The Morgan fingerprint density at radius 3 is 2.24 bits per heavy atom. The molecule has 3 heterocycles. The second kappa shape index (κ2) is 9.05. The third-order valence-corrected chi connectivity index (χ3v) is 6.10. The molecule has 0 radical (unpaired) electrons. The summed E-state index contributed by atoms with van der Waals surface area (Å²) in [6, 6.07) is 7.57. The summed E-state index contributed by atoms with van der Waals surface area (Å²) < 4.78 is 0. The second-order valence-electron chi connectivity index (χ2n) is 8.74. The van der Waals surface area contributed by atoms with E-state index in [1.807, 2.05) is 38.1 Å². The number of carbonyl (C=O) groups excluding carboxylic acids is 1. The molecule has 1 aliphatic heterocycles. The van der Waals surface area contributed by atoms with Crippen LogP contribution < -0.4 is 20.9 Å². The molecule has 10 heteroatoms. The van der Waals surface area contributed by atoms with Crippen molar-refractivity contribution in [2.45, 2.75) is 46.0 Å². The highest BCUT2D eigenvalue weighted by atomic mass is 16.2. The molecule has 1 amide bonds. The average molecular weight is 448 g/mol. The van der Waals surface area contributed by atoms with Crippen LogP contribution in [0.15, 0.2) is 24.3 Å². The van der Waals surface area contributed by atoms with Crippen LogP contribution in [0.2, 0.25) is 0 Å². The number of hydrogen-bond acceptors (Lipinski definition) is 8. The van der Waals surface area contributed by atoms with Crippen molar-refractivity contribution < 1.29 is 4.79 Å². The summed E-state index contributed by atoms with van der Waals surface area (Å²) in [5.41, 5.74) is 3.63. The van der Waals surface area contributed by atoms with Gasteiger partial charge in [-0.3, -0.25) is 9.89 Å². The van der Waals surface area contributed by atoms with E-state index >= 15 is 0 Å². The van der Waals surface area contributed by atoms with Gasteiger partial charge in [0.25, 0.3) is 0 Å². The first-order chi connectivity index (χ1) is 16.0. The minimum Gasteiger partial charge on any atom is -0.341 e. The topological polar surface area (TPSA) is 124 Å². The smallest absolute Gasteiger partial charge is 0.235 e. The molecule has 172 valence electrons. The number of benzene rings is 1. The first-order valence-corrected chi connectivity index (χ1v) is 11.5. The van der Waals surface area contributed by atoms with Crippen LogP contribution in [0.1, 0.15) is 43.4 Å². The number of amides is 1. The maximum absolute atomic E-state index is 12.0. The molecule has 2 fully saturated rings. The van der Waals surface area contributed by atoms with E-state index in [4.69, 9.17) is 0 Å². The van der Waals surface area contributed by atoms with Crippen molar-refractivity contribution in [2.75, 3.05) is 33.9 Å². The molecule has 2 aliphatic rings. The van der Waals surface area contributed by atoms with Crippen molar-refractivity contribution in [3.8, 4) is 0 Å². The van der Waals surface area contributed by atoms with Crippen molar-refractivity contribution in [1.82, 2.24) is 25.1 Å². The molecule has 3 aromatic rings. The van der Waals surface area contributed by atoms with Crippen LogP contribution in [0.5, 0.6) is 0 Å². The van der Waals surface area contributed by atoms with Crippen LogP contribution in [0.25, 0.3) is 0 Å². The molecular formula is C23H29N9O. The first-order valence-electron chi connectivity index (χ1n) is 11.5. The van der Waals surface area contributed by atoms with Gasteiger partial charge in [-0.05, 0) is 70.2 Å². The number of hydrogen-bond donors (Lipinski definition) is 4. The third kappa shape index (κ3) is 5.05. The lowest BCUT2D eigenvalue weighted by atomic mass is 10.1. The Balaban J connectivity index is 1.36. The Morgan fingerprint density at radius 1 is 0.939 bits per heavy atom. The summed E-state index contributed by atoms with van der Waals surface area (Å²) in [7, 11) is 0. The molecule has 1 saturated heterocycles. The summed E-state index contributed by atoms with van der Waals surface area (Å²) in [6.07, 6.45) is 5.45. The minimum atomic E-state index is 0.0963. The minimum absolute atomic E-state index is 0.0963. The Labute approximate surface area is 192 Å². The van der Waals surface area contributed by atoms with Gasteiger partial charge in [0.15, 0.2) is 5.82 Å². The molecule has 4 N–H and O–H groups in total. The second-order valence-corrected chi connectivity index (χ2v) is 8.74. The van der Waals surface area contributed by atoms with Gasteiger partial charge >= 0.3 is 0 Å². The summed E-state index contributed by atoms with van der Waals surface area (Å²) in [5.74, 6) is 2.51. The summed E-state index contributed by atoms with van der Waals surface area (Å²) >= 11 is 0. The molecule has 0 bridgehead atoms. The largest absolute Gasteiger partial charge is 0.341 e. The monoisotopic (exact) mass is 447 g/mol.